The van der Waals surface area contributed by atoms with Gasteiger partial charge >= 0.3 is 0 Å². The molecule has 0 aliphatic rings. The van der Waals surface area contributed by atoms with E-state index >= 15 is 0 Å². The fourth-order valence-electron chi connectivity index (χ4n) is 0.190. The van der Waals surface area contributed by atoms with Crippen LogP contribution in [0.25, 0.3) is 0 Å². The second-order valence-corrected chi connectivity index (χ2v) is 1.00. The Labute approximate surface area is 43.3 Å². The molecular weight excluding hydrogens is 92.1 g/mol. The summed E-state index contributed by atoms with van der Waals surface area (Å²) in [6, 6.07) is 0. The number of hydrazine groups is 1. The SMILES string of the molecule is C=C(NNC)OC. The van der Waals surface area contributed by atoms with Crippen molar-refractivity contribution in [3.63, 3.8) is 0 Å². The van der Waals surface area contributed by atoms with Crippen LogP contribution in [-0.4, -0.2) is 14.2 Å². The van der Waals surface area contributed by atoms with Crippen LogP contribution in [-0.2, 0) is 4.74 Å². The van der Waals surface area contributed by atoms with Crippen molar-refractivity contribution in [3.05, 3.63) is 12.5 Å². The summed E-state index contributed by atoms with van der Waals surface area (Å²) in [5.74, 6) is 0.516. The standard InChI is InChI=1S/C4H10N2O/c1-4(7-3)6-5-2/h5-6H,1H2,2-3H3. The molecule has 0 aromatic carbocycles. The quantitative estimate of drug-likeness (QED) is 0.383. The van der Waals surface area contributed by atoms with E-state index in [-0.39, 0.29) is 0 Å². The highest BCUT2D eigenvalue weighted by atomic mass is 16.5. The van der Waals surface area contributed by atoms with Crippen molar-refractivity contribution in [1.29, 1.82) is 0 Å². The number of ether oxygens (including phenoxy) is 1. The van der Waals surface area contributed by atoms with Gasteiger partial charge in [-0.3, -0.25) is 5.43 Å². The Morgan fingerprint density at radius 3 is 2.43 bits per heavy atom. The first-order chi connectivity index (χ1) is 3.31. The van der Waals surface area contributed by atoms with Crippen molar-refractivity contribution in [2.45, 2.75) is 0 Å². The Hall–Kier alpha value is -0.700. The highest BCUT2D eigenvalue weighted by Gasteiger charge is 1.79. The molecule has 0 rings (SSSR count). The van der Waals surface area contributed by atoms with Gasteiger partial charge in [0.15, 0.2) is 5.88 Å². The van der Waals surface area contributed by atoms with Crippen molar-refractivity contribution >= 4 is 0 Å². The third kappa shape index (κ3) is 3.12. The smallest absolute Gasteiger partial charge is 0.193 e. The molecule has 0 aromatic rings. The molecule has 0 radical (unpaired) electrons. The first kappa shape index (κ1) is 6.30. The Morgan fingerprint density at radius 1 is 1.71 bits per heavy atom. The van der Waals surface area contributed by atoms with Crippen LogP contribution in [0.5, 0.6) is 0 Å². The molecule has 0 aliphatic heterocycles. The van der Waals surface area contributed by atoms with E-state index < -0.39 is 0 Å². The normalized spacial score (nSPS) is 7.71. The average molecular weight is 102 g/mol. The monoisotopic (exact) mass is 102 g/mol. The Balaban J connectivity index is 3.00. The number of hydrogen-bond donors (Lipinski definition) is 2. The molecule has 0 fully saturated rings. The number of rotatable bonds is 3. The average Bonchev–Trinajstić information content (AvgIpc) is 1.68. The zero-order chi connectivity index (χ0) is 5.70. The second kappa shape index (κ2) is 3.49. The lowest BCUT2D eigenvalue weighted by Gasteiger charge is -2.03. The largest absolute Gasteiger partial charge is 0.482 e. The van der Waals surface area contributed by atoms with Crippen LogP contribution in [0.15, 0.2) is 12.5 Å². The van der Waals surface area contributed by atoms with Gasteiger partial charge in [0.25, 0.3) is 0 Å². The lowest BCUT2D eigenvalue weighted by Crippen LogP contribution is -2.26. The zero-order valence-electron chi connectivity index (χ0n) is 4.62. The van der Waals surface area contributed by atoms with Crippen molar-refractivity contribution in [3.8, 4) is 0 Å². The Morgan fingerprint density at radius 2 is 2.29 bits per heavy atom. The molecule has 0 spiro atoms. The molecular formula is C4H10N2O. The number of hydrogen-bond acceptors (Lipinski definition) is 3. The van der Waals surface area contributed by atoms with E-state index in [2.05, 4.69) is 22.2 Å². The molecule has 0 saturated carbocycles. The highest BCUT2D eigenvalue weighted by Crippen LogP contribution is 1.75. The molecule has 0 saturated heterocycles. The van der Waals surface area contributed by atoms with Crippen LogP contribution in [0, 0.1) is 0 Å². The van der Waals surface area contributed by atoms with E-state index in [0.717, 1.165) is 0 Å². The third-order valence-corrected chi connectivity index (χ3v) is 0.511. The maximum Gasteiger partial charge on any atom is 0.193 e. The molecule has 0 unspecified atom stereocenters. The fraction of sp³-hybridized carbons (Fsp3) is 0.500. The summed E-state index contributed by atoms with van der Waals surface area (Å²) in [4.78, 5) is 0. The molecule has 3 nitrogen and oxygen atoms in total. The van der Waals surface area contributed by atoms with Gasteiger partial charge in [-0.2, -0.15) is 0 Å². The number of nitrogens with one attached hydrogen (secondary N) is 2. The summed E-state index contributed by atoms with van der Waals surface area (Å²) >= 11 is 0. The van der Waals surface area contributed by atoms with Gasteiger partial charge in [0.2, 0.25) is 0 Å². The Kier molecular flexibility index (Phi) is 3.14. The van der Waals surface area contributed by atoms with E-state index in [0.29, 0.717) is 5.88 Å². The van der Waals surface area contributed by atoms with E-state index in [9.17, 15) is 0 Å². The van der Waals surface area contributed by atoms with Crippen molar-refractivity contribution in [2.75, 3.05) is 14.2 Å². The van der Waals surface area contributed by atoms with Gasteiger partial charge in [0.05, 0.1) is 7.11 Å². The van der Waals surface area contributed by atoms with Gasteiger partial charge in [0.1, 0.15) is 0 Å². The van der Waals surface area contributed by atoms with Crippen molar-refractivity contribution in [2.24, 2.45) is 0 Å². The summed E-state index contributed by atoms with van der Waals surface area (Å²) in [5.41, 5.74) is 5.27. The molecule has 0 bridgehead atoms. The molecule has 0 atom stereocenters. The lowest BCUT2D eigenvalue weighted by atomic mass is 10.9. The molecule has 3 heteroatoms. The summed E-state index contributed by atoms with van der Waals surface area (Å²) in [6.07, 6.45) is 0. The second-order valence-electron chi connectivity index (χ2n) is 1.00. The van der Waals surface area contributed by atoms with Gasteiger partial charge in [-0.15, -0.1) is 0 Å². The minimum absolute atomic E-state index is 0.516. The summed E-state index contributed by atoms with van der Waals surface area (Å²) in [7, 11) is 3.29. The molecule has 2 N–H and O–H groups in total. The predicted octanol–water partition coefficient (Wildman–Crippen LogP) is -0.172. The minimum Gasteiger partial charge on any atom is -0.482 e. The van der Waals surface area contributed by atoms with Gasteiger partial charge in [-0.05, 0) is 6.58 Å². The lowest BCUT2D eigenvalue weighted by molar-refractivity contribution is 0.254. The third-order valence-electron chi connectivity index (χ3n) is 0.511. The van der Waals surface area contributed by atoms with Crippen LogP contribution in [0.2, 0.25) is 0 Å². The molecule has 0 aromatic heterocycles. The van der Waals surface area contributed by atoms with Crippen LogP contribution in [0.1, 0.15) is 0 Å². The minimum atomic E-state index is 0.516. The maximum atomic E-state index is 4.62. The van der Waals surface area contributed by atoms with Crippen LogP contribution in [0.4, 0.5) is 0 Å². The van der Waals surface area contributed by atoms with Gasteiger partial charge < -0.3 is 4.74 Å². The molecule has 0 heterocycles. The topological polar surface area (TPSA) is 33.3 Å². The number of methoxy groups -OCH3 is 1. The summed E-state index contributed by atoms with van der Waals surface area (Å²) in [5, 5.41) is 0. The van der Waals surface area contributed by atoms with Crippen molar-refractivity contribution < 1.29 is 4.74 Å². The molecule has 0 aliphatic carbocycles. The molecule has 0 amide bonds. The maximum absolute atomic E-state index is 4.62. The van der Waals surface area contributed by atoms with E-state index in [4.69, 9.17) is 0 Å². The van der Waals surface area contributed by atoms with Gasteiger partial charge in [-0.1, -0.05) is 0 Å². The molecule has 42 valence electrons. The highest BCUT2D eigenvalue weighted by molar-refractivity contribution is 4.73. The van der Waals surface area contributed by atoms with Crippen LogP contribution < -0.4 is 10.9 Å². The van der Waals surface area contributed by atoms with Crippen LogP contribution >= 0.6 is 0 Å². The van der Waals surface area contributed by atoms with E-state index in [1.165, 1.54) is 0 Å². The van der Waals surface area contributed by atoms with Gasteiger partial charge in [0, 0.05) is 7.05 Å². The first-order valence-corrected chi connectivity index (χ1v) is 1.97. The van der Waals surface area contributed by atoms with Gasteiger partial charge in [-0.25, -0.2) is 5.43 Å². The first-order valence-electron chi connectivity index (χ1n) is 1.97. The summed E-state index contributed by atoms with van der Waals surface area (Å²) in [6.45, 7) is 3.47. The Bertz CT molecular complexity index is 62.7. The zero-order valence-corrected chi connectivity index (χ0v) is 4.62. The summed E-state index contributed by atoms with van der Waals surface area (Å²) < 4.78 is 4.62. The predicted molar refractivity (Wildman–Crippen MR) is 28.3 cm³/mol. The van der Waals surface area contributed by atoms with E-state index in [1.54, 1.807) is 14.2 Å². The van der Waals surface area contributed by atoms with Crippen LogP contribution in [0.3, 0.4) is 0 Å². The molecule has 7 heavy (non-hydrogen) atoms. The van der Waals surface area contributed by atoms with E-state index in [1.807, 2.05) is 0 Å². The van der Waals surface area contributed by atoms with Crippen molar-refractivity contribution in [1.82, 2.24) is 10.9 Å². The fourth-order valence-corrected chi connectivity index (χ4v) is 0.190.